The van der Waals surface area contributed by atoms with E-state index in [1.807, 2.05) is 12.1 Å². The fourth-order valence-electron chi connectivity index (χ4n) is 7.28. The SMILES string of the molecule is O=C(NC1CCC(CC2CCC(NC(=O)[C@@H]3C[C@@H]3c3ccccc3)CC2)CC1)[C@H]1C[C@@H]1c1ccccc1. The summed E-state index contributed by atoms with van der Waals surface area (Å²) in [6, 6.07) is 21.7. The summed E-state index contributed by atoms with van der Waals surface area (Å²) in [6.07, 6.45) is 12.9. The van der Waals surface area contributed by atoms with Gasteiger partial charge in [-0.25, -0.2) is 0 Å². The predicted molar refractivity (Wildman–Crippen MR) is 147 cm³/mol. The second-order valence-corrected chi connectivity index (χ2v) is 12.4. The molecule has 4 fully saturated rings. The van der Waals surface area contributed by atoms with Gasteiger partial charge in [-0.05, 0) is 105 Å². The zero-order chi connectivity index (χ0) is 25.2. The average molecular weight is 499 g/mol. The third kappa shape index (κ3) is 6.10. The van der Waals surface area contributed by atoms with Crippen LogP contribution in [0, 0.1) is 23.7 Å². The van der Waals surface area contributed by atoms with Crippen LogP contribution in [0.2, 0.25) is 0 Å². The van der Waals surface area contributed by atoms with Crippen LogP contribution >= 0.6 is 0 Å². The van der Waals surface area contributed by atoms with E-state index in [1.165, 1.54) is 43.2 Å². The van der Waals surface area contributed by atoms with Gasteiger partial charge in [-0.1, -0.05) is 60.7 Å². The Hall–Kier alpha value is -2.62. The summed E-state index contributed by atoms with van der Waals surface area (Å²) >= 11 is 0. The molecule has 0 radical (unpaired) electrons. The quantitative estimate of drug-likeness (QED) is 0.447. The smallest absolute Gasteiger partial charge is 0.223 e. The van der Waals surface area contributed by atoms with Crippen molar-refractivity contribution in [2.45, 2.75) is 94.5 Å². The van der Waals surface area contributed by atoms with Gasteiger partial charge in [0.1, 0.15) is 0 Å². The van der Waals surface area contributed by atoms with Crippen molar-refractivity contribution in [1.82, 2.24) is 10.6 Å². The monoisotopic (exact) mass is 498 g/mol. The topological polar surface area (TPSA) is 58.2 Å². The summed E-state index contributed by atoms with van der Waals surface area (Å²) < 4.78 is 0. The summed E-state index contributed by atoms with van der Waals surface area (Å²) in [5, 5.41) is 6.75. The van der Waals surface area contributed by atoms with Crippen LogP contribution in [0.4, 0.5) is 0 Å². The van der Waals surface area contributed by atoms with Crippen molar-refractivity contribution in [2.24, 2.45) is 23.7 Å². The molecule has 4 atom stereocenters. The molecule has 4 heteroatoms. The predicted octanol–water partition coefficient (Wildman–Crippen LogP) is 6.33. The Labute approximate surface area is 222 Å². The molecule has 4 aliphatic carbocycles. The molecule has 6 rings (SSSR count). The number of carbonyl (C=O) groups is 2. The van der Waals surface area contributed by atoms with Gasteiger partial charge in [-0.2, -0.15) is 0 Å². The van der Waals surface area contributed by atoms with E-state index in [4.69, 9.17) is 0 Å². The molecule has 4 nitrogen and oxygen atoms in total. The molecule has 2 aromatic rings. The molecular weight excluding hydrogens is 456 g/mol. The summed E-state index contributed by atoms with van der Waals surface area (Å²) in [7, 11) is 0. The van der Waals surface area contributed by atoms with Gasteiger partial charge in [0.15, 0.2) is 0 Å². The largest absolute Gasteiger partial charge is 0.353 e. The molecule has 4 aliphatic rings. The van der Waals surface area contributed by atoms with Crippen molar-refractivity contribution < 1.29 is 9.59 Å². The third-order valence-electron chi connectivity index (χ3n) is 9.76. The molecule has 37 heavy (non-hydrogen) atoms. The van der Waals surface area contributed by atoms with Gasteiger partial charge < -0.3 is 10.6 Å². The van der Waals surface area contributed by atoms with Gasteiger partial charge in [-0.15, -0.1) is 0 Å². The molecule has 0 unspecified atom stereocenters. The summed E-state index contributed by atoms with van der Waals surface area (Å²) in [5.41, 5.74) is 2.62. The molecule has 2 N–H and O–H groups in total. The molecule has 0 bridgehead atoms. The summed E-state index contributed by atoms with van der Waals surface area (Å²) in [4.78, 5) is 25.5. The molecule has 0 saturated heterocycles. The van der Waals surface area contributed by atoms with Crippen molar-refractivity contribution >= 4 is 11.8 Å². The zero-order valence-corrected chi connectivity index (χ0v) is 22.0. The van der Waals surface area contributed by atoms with Gasteiger partial charge in [-0.3, -0.25) is 9.59 Å². The first-order valence-corrected chi connectivity index (χ1v) is 14.8. The third-order valence-corrected chi connectivity index (χ3v) is 9.76. The molecular formula is C33H42N2O2. The second kappa shape index (κ2) is 11.0. The lowest BCUT2D eigenvalue weighted by molar-refractivity contribution is -0.124. The van der Waals surface area contributed by atoms with Crippen molar-refractivity contribution in [3.05, 3.63) is 71.8 Å². The van der Waals surface area contributed by atoms with E-state index in [9.17, 15) is 9.59 Å². The van der Waals surface area contributed by atoms with Crippen LogP contribution in [0.1, 0.15) is 93.6 Å². The van der Waals surface area contributed by atoms with Crippen LogP contribution in [0.25, 0.3) is 0 Å². The minimum absolute atomic E-state index is 0.180. The number of carbonyl (C=O) groups excluding carboxylic acids is 2. The highest BCUT2D eigenvalue weighted by Gasteiger charge is 2.45. The maximum Gasteiger partial charge on any atom is 0.223 e. The lowest BCUT2D eigenvalue weighted by Crippen LogP contribution is -2.40. The van der Waals surface area contributed by atoms with Gasteiger partial charge in [0, 0.05) is 23.9 Å². The normalized spacial score (nSPS) is 34.8. The average Bonchev–Trinajstić information content (AvgIpc) is 3.86. The highest BCUT2D eigenvalue weighted by molar-refractivity contribution is 5.83. The summed E-state index contributed by atoms with van der Waals surface area (Å²) in [6.45, 7) is 0. The number of nitrogens with one attached hydrogen (secondary N) is 2. The van der Waals surface area contributed by atoms with Gasteiger partial charge in [0.05, 0.1) is 0 Å². The van der Waals surface area contributed by atoms with E-state index in [1.54, 1.807) is 0 Å². The zero-order valence-electron chi connectivity index (χ0n) is 22.0. The standard InChI is InChI=1S/C33H42N2O2/c36-32(30-20-28(30)24-7-3-1-4-8-24)34-26-15-11-22(12-16-26)19-23-13-17-27(18-14-23)35-33(37)31-21-29(31)25-9-5-2-6-10-25/h1-10,22-23,26-31H,11-21H2,(H,34,36)(H,35,37)/t22?,23?,26?,27?,28-,29-,30-,31+/m1/s1. The Morgan fingerprint density at radius 2 is 0.946 bits per heavy atom. The van der Waals surface area contributed by atoms with Crippen molar-refractivity contribution in [1.29, 1.82) is 0 Å². The van der Waals surface area contributed by atoms with Gasteiger partial charge in [0.25, 0.3) is 0 Å². The van der Waals surface area contributed by atoms with E-state index in [0.717, 1.165) is 50.4 Å². The Morgan fingerprint density at radius 3 is 1.32 bits per heavy atom. The minimum Gasteiger partial charge on any atom is -0.353 e. The lowest BCUT2D eigenvalue weighted by Gasteiger charge is -2.34. The Balaban J connectivity index is 0.862. The van der Waals surface area contributed by atoms with Crippen LogP contribution in [0.5, 0.6) is 0 Å². The molecule has 2 amide bonds. The van der Waals surface area contributed by atoms with Gasteiger partial charge in [0.2, 0.25) is 11.8 Å². The highest BCUT2D eigenvalue weighted by Crippen LogP contribution is 2.48. The fourth-order valence-corrected chi connectivity index (χ4v) is 7.28. The number of amides is 2. The highest BCUT2D eigenvalue weighted by atomic mass is 16.2. The van der Waals surface area contributed by atoms with Crippen molar-refractivity contribution in [3.63, 3.8) is 0 Å². The number of rotatable bonds is 8. The fraction of sp³-hybridized carbons (Fsp3) is 0.576. The maximum absolute atomic E-state index is 12.8. The second-order valence-electron chi connectivity index (χ2n) is 12.4. The Kier molecular flexibility index (Phi) is 7.35. The van der Waals surface area contributed by atoms with Crippen LogP contribution in [-0.2, 0) is 9.59 Å². The first-order valence-electron chi connectivity index (χ1n) is 14.8. The molecule has 0 spiro atoms. The first kappa shape index (κ1) is 24.7. The van der Waals surface area contributed by atoms with E-state index >= 15 is 0 Å². The molecule has 0 aliphatic heterocycles. The van der Waals surface area contributed by atoms with Crippen LogP contribution < -0.4 is 10.6 Å². The van der Waals surface area contributed by atoms with Gasteiger partial charge >= 0.3 is 0 Å². The number of hydrogen-bond acceptors (Lipinski definition) is 2. The number of hydrogen-bond donors (Lipinski definition) is 2. The van der Waals surface area contributed by atoms with E-state index in [2.05, 4.69) is 59.2 Å². The maximum atomic E-state index is 12.8. The van der Waals surface area contributed by atoms with E-state index in [0.29, 0.717) is 23.9 Å². The minimum atomic E-state index is 0.180. The first-order chi connectivity index (χ1) is 18.1. The summed E-state index contributed by atoms with van der Waals surface area (Å²) in [5.74, 6) is 3.37. The lowest BCUT2D eigenvalue weighted by atomic mass is 9.75. The molecule has 0 aromatic heterocycles. The van der Waals surface area contributed by atoms with E-state index in [-0.39, 0.29) is 23.7 Å². The Morgan fingerprint density at radius 1 is 0.568 bits per heavy atom. The van der Waals surface area contributed by atoms with Crippen LogP contribution in [0.3, 0.4) is 0 Å². The molecule has 0 heterocycles. The molecule has 2 aromatic carbocycles. The van der Waals surface area contributed by atoms with Crippen molar-refractivity contribution in [3.8, 4) is 0 Å². The van der Waals surface area contributed by atoms with Crippen LogP contribution in [-0.4, -0.2) is 23.9 Å². The Bertz CT molecular complexity index is 969. The molecule has 4 saturated carbocycles. The molecule has 196 valence electrons. The van der Waals surface area contributed by atoms with Crippen molar-refractivity contribution in [2.75, 3.05) is 0 Å². The van der Waals surface area contributed by atoms with Crippen LogP contribution in [0.15, 0.2) is 60.7 Å². The number of benzene rings is 2. The van der Waals surface area contributed by atoms with E-state index < -0.39 is 0 Å².